The van der Waals surface area contributed by atoms with Gasteiger partial charge in [-0.05, 0) is 42.5 Å². The topological polar surface area (TPSA) is 63.6 Å². The lowest BCUT2D eigenvalue weighted by Crippen LogP contribution is -1.96. The van der Waals surface area contributed by atoms with Gasteiger partial charge in [-0.2, -0.15) is 0 Å². The number of hydrogen-bond donors (Lipinski definition) is 1. The van der Waals surface area contributed by atoms with Crippen LogP contribution in [0.5, 0.6) is 11.5 Å². The summed E-state index contributed by atoms with van der Waals surface area (Å²) in [4.78, 5) is 21.3. The fraction of sp³-hybridized carbons (Fsp3) is 0. The number of benzene rings is 2. The first kappa shape index (κ1) is 11.9. The third-order valence-electron chi connectivity index (χ3n) is 2.33. The summed E-state index contributed by atoms with van der Waals surface area (Å²) in [7, 11) is 0. The molecular formula is C14H10O4. The second-order valence-electron chi connectivity index (χ2n) is 3.62. The van der Waals surface area contributed by atoms with E-state index < -0.39 is 5.97 Å². The average Bonchev–Trinajstić information content (AvgIpc) is 2.40. The molecule has 0 unspecified atom stereocenters. The normalized spacial score (nSPS) is 9.78. The molecule has 0 aliphatic heterocycles. The Kier molecular flexibility index (Phi) is 3.38. The van der Waals surface area contributed by atoms with Crippen molar-refractivity contribution in [3.05, 3.63) is 59.7 Å². The van der Waals surface area contributed by atoms with E-state index in [1.165, 1.54) is 12.1 Å². The van der Waals surface area contributed by atoms with Gasteiger partial charge in [0.2, 0.25) is 0 Å². The van der Waals surface area contributed by atoms with Gasteiger partial charge in [0.05, 0.1) is 5.56 Å². The molecular weight excluding hydrogens is 232 g/mol. The Labute approximate surface area is 103 Å². The lowest BCUT2D eigenvalue weighted by Gasteiger charge is -2.06. The second-order valence-corrected chi connectivity index (χ2v) is 3.62. The molecule has 0 bridgehead atoms. The second kappa shape index (κ2) is 5.14. The summed E-state index contributed by atoms with van der Waals surface area (Å²) in [6.45, 7) is 0. The molecule has 0 aliphatic rings. The van der Waals surface area contributed by atoms with Crippen molar-refractivity contribution in [1.29, 1.82) is 0 Å². The van der Waals surface area contributed by atoms with E-state index in [4.69, 9.17) is 9.84 Å². The molecule has 18 heavy (non-hydrogen) atoms. The number of carboxylic acids is 1. The van der Waals surface area contributed by atoms with Gasteiger partial charge >= 0.3 is 5.97 Å². The summed E-state index contributed by atoms with van der Waals surface area (Å²) in [5.41, 5.74) is 0.721. The van der Waals surface area contributed by atoms with E-state index in [9.17, 15) is 9.59 Å². The Morgan fingerprint density at radius 1 is 1.06 bits per heavy atom. The van der Waals surface area contributed by atoms with Crippen LogP contribution in [0.15, 0.2) is 48.5 Å². The Morgan fingerprint density at radius 3 is 2.39 bits per heavy atom. The largest absolute Gasteiger partial charge is 0.478 e. The Bertz CT molecular complexity index is 573. The predicted octanol–water partition coefficient (Wildman–Crippen LogP) is 2.99. The van der Waals surface area contributed by atoms with E-state index in [0.717, 1.165) is 6.29 Å². The van der Waals surface area contributed by atoms with Crippen molar-refractivity contribution in [1.82, 2.24) is 0 Å². The molecule has 2 aromatic rings. The Hall–Kier alpha value is -2.62. The number of ether oxygens (including phenoxy) is 1. The first-order chi connectivity index (χ1) is 8.69. The Morgan fingerprint density at radius 2 is 1.78 bits per heavy atom. The summed E-state index contributed by atoms with van der Waals surface area (Å²) in [6.07, 6.45) is 0.745. The molecule has 0 amide bonds. The average molecular weight is 242 g/mol. The van der Waals surface area contributed by atoms with Crippen LogP contribution in [0, 0.1) is 0 Å². The number of aldehydes is 1. The van der Waals surface area contributed by atoms with E-state index in [1.54, 1.807) is 36.4 Å². The summed E-state index contributed by atoms with van der Waals surface area (Å²) in [5, 5.41) is 8.85. The van der Waals surface area contributed by atoms with Crippen LogP contribution in [0.2, 0.25) is 0 Å². The first-order valence-electron chi connectivity index (χ1n) is 5.25. The maximum atomic E-state index is 10.8. The highest BCUT2D eigenvalue weighted by Crippen LogP contribution is 2.22. The SMILES string of the molecule is O=Cc1ccc(Oc2cccc(C(=O)O)c2)cc1. The zero-order valence-electron chi connectivity index (χ0n) is 9.37. The molecule has 4 nitrogen and oxygen atoms in total. The predicted molar refractivity (Wildman–Crippen MR) is 65.3 cm³/mol. The molecule has 0 aromatic heterocycles. The molecule has 90 valence electrons. The lowest BCUT2D eigenvalue weighted by atomic mass is 10.2. The van der Waals surface area contributed by atoms with Crippen LogP contribution in [0.1, 0.15) is 20.7 Å². The molecule has 0 fully saturated rings. The molecule has 0 aliphatic carbocycles. The van der Waals surface area contributed by atoms with Gasteiger partial charge in [-0.1, -0.05) is 6.07 Å². The van der Waals surface area contributed by atoms with Crippen LogP contribution in [0.25, 0.3) is 0 Å². The van der Waals surface area contributed by atoms with E-state index in [1.807, 2.05) is 0 Å². The molecule has 0 saturated heterocycles. The summed E-state index contributed by atoms with van der Waals surface area (Å²) >= 11 is 0. The van der Waals surface area contributed by atoms with Gasteiger partial charge in [-0.15, -0.1) is 0 Å². The third kappa shape index (κ3) is 2.74. The highest BCUT2D eigenvalue weighted by atomic mass is 16.5. The van der Waals surface area contributed by atoms with Gasteiger partial charge < -0.3 is 9.84 Å². The van der Waals surface area contributed by atoms with Gasteiger partial charge in [0.1, 0.15) is 17.8 Å². The number of carbonyl (C=O) groups excluding carboxylic acids is 1. The van der Waals surface area contributed by atoms with Crippen LogP contribution < -0.4 is 4.74 Å². The van der Waals surface area contributed by atoms with Crippen molar-refractivity contribution < 1.29 is 19.4 Å². The molecule has 0 radical (unpaired) electrons. The van der Waals surface area contributed by atoms with Crippen LogP contribution in [-0.2, 0) is 0 Å². The summed E-state index contributed by atoms with van der Waals surface area (Å²) in [5.74, 6) is -0.0198. The summed E-state index contributed by atoms with van der Waals surface area (Å²) in [6, 6.07) is 12.8. The highest BCUT2D eigenvalue weighted by Gasteiger charge is 2.04. The monoisotopic (exact) mass is 242 g/mol. The number of aromatic carboxylic acids is 1. The standard InChI is InChI=1S/C14H10O4/c15-9-10-4-6-12(7-5-10)18-13-3-1-2-11(8-13)14(16)17/h1-9H,(H,16,17). The fourth-order valence-corrected chi connectivity index (χ4v) is 1.44. The van der Waals surface area contributed by atoms with E-state index in [0.29, 0.717) is 17.1 Å². The van der Waals surface area contributed by atoms with E-state index in [2.05, 4.69) is 0 Å². The minimum absolute atomic E-state index is 0.164. The van der Waals surface area contributed by atoms with Crippen molar-refractivity contribution in [2.75, 3.05) is 0 Å². The lowest BCUT2D eigenvalue weighted by molar-refractivity contribution is 0.0696. The number of carboxylic acid groups (broad SMARTS) is 1. The van der Waals surface area contributed by atoms with Crippen LogP contribution in [0.4, 0.5) is 0 Å². The molecule has 2 aromatic carbocycles. The number of carbonyl (C=O) groups is 2. The molecule has 0 spiro atoms. The maximum Gasteiger partial charge on any atom is 0.335 e. The summed E-state index contributed by atoms with van der Waals surface area (Å²) < 4.78 is 5.49. The molecule has 1 N–H and O–H groups in total. The minimum Gasteiger partial charge on any atom is -0.478 e. The maximum absolute atomic E-state index is 10.8. The quantitative estimate of drug-likeness (QED) is 0.837. The zero-order chi connectivity index (χ0) is 13.0. The van der Waals surface area contributed by atoms with Crippen molar-refractivity contribution in [2.45, 2.75) is 0 Å². The minimum atomic E-state index is -1.00. The van der Waals surface area contributed by atoms with Gasteiger partial charge in [-0.3, -0.25) is 4.79 Å². The molecule has 4 heteroatoms. The van der Waals surface area contributed by atoms with Gasteiger partial charge in [0.25, 0.3) is 0 Å². The van der Waals surface area contributed by atoms with E-state index in [-0.39, 0.29) is 5.56 Å². The van der Waals surface area contributed by atoms with Crippen molar-refractivity contribution in [3.8, 4) is 11.5 Å². The van der Waals surface area contributed by atoms with Crippen molar-refractivity contribution in [2.24, 2.45) is 0 Å². The molecule has 0 saturated carbocycles. The smallest absolute Gasteiger partial charge is 0.335 e. The van der Waals surface area contributed by atoms with E-state index >= 15 is 0 Å². The van der Waals surface area contributed by atoms with Crippen LogP contribution >= 0.6 is 0 Å². The third-order valence-corrected chi connectivity index (χ3v) is 2.33. The molecule has 0 heterocycles. The Balaban J connectivity index is 2.19. The highest BCUT2D eigenvalue weighted by molar-refractivity contribution is 5.88. The number of rotatable bonds is 4. The van der Waals surface area contributed by atoms with Gasteiger partial charge in [-0.25, -0.2) is 4.79 Å². The van der Waals surface area contributed by atoms with Crippen LogP contribution in [-0.4, -0.2) is 17.4 Å². The first-order valence-corrected chi connectivity index (χ1v) is 5.25. The fourth-order valence-electron chi connectivity index (χ4n) is 1.44. The molecule has 0 atom stereocenters. The zero-order valence-corrected chi connectivity index (χ0v) is 9.37. The van der Waals surface area contributed by atoms with Crippen LogP contribution in [0.3, 0.4) is 0 Å². The molecule has 2 rings (SSSR count). The number of hydrogen-bond acceptors (Lipinski definition) is 3. The van der Waals surface area contributed by atoms with Crippen molar-refractivity contribution in [3.63, 3.8) is 0 Å². The van der Waals surface area contributed by atoms with Crippen molar-refractivity contribution >= 4 is 12.3 Å². The van der Waals surface area contributed by atoms with Gasteiger partial charge in [0.15, 0.2) is 0 Å². The van der Waals surface area contributed by atoms with Gasteiger partial charge in [0, 0.05) is 5.56 Å².